The number of nitrogens with zero attached hydrogens (tertiary/aromatic N) is 2. The zero-order valence-corrected chi connectivity index (χ0v) is 14.1. The van der Waals surface area contributed by atoms with Gasteiger partial charge in [0.1, 0.15) is 18.4 Å². The van der Waals surface area contributed by atoms with Gasteiger partial charge in [-0.05, 0) is 35.7 Å². The molecule has 2 aromatic rings. The van der Waals surface area contributed by atoms with Crippen molar-refractivity contribution in [3.8, 4) is 16.9 Å². The van der Waals surface area contributed by atoms with Crippen LogP contribution in [-0.4, -0.2) is 41.0 Å². The van der Waals surface area contributed by atoms with Crippen molar-refractivity contribution in [1.29, 1.82) is 0 Å². The third-order valence-corrected chi connectivity index (χ3v) is 4.18. The second-order valence-electron chi connectivity index (χ2n) is 5.93. The summed E-state index contributed by atoms with van der Waals surface area (Å²) >= 11 is 0. The molecule has 1 aliphatic heterocycles. The zero-order chi connectivity index (χ0) is 17.6. The number of hydrogen-bond acceptors (Lipinski definition) is 4. The van der Waals surface area contributed by atoms with Gasteiger partial charge in [0.25, 0.3) is 5.91 Å². The number of ether oxygens (including phenoxy) is 1. The third kappa shape index (κ3) is 3.96. The summed E-state index contributed by atoms with van der Waals surface area (Å²) in [7, 11) is 0. The van der Waals surface area contributed by atoms with E-state index in [-0.39, 0.29) is 18.5 Å². The number of carbonyl (C=O) groups excluding carboxylic acids is 2. The predicted octanol–water partition coefficient (Wildman–Crippen LogP) is 2.85. The lowest BCUT2D eigenvalue weighted by Gasteiger charge is -2.21. The second-order valence-corrected chi connectivity index (χ2v) is 5.93. The van der Waals surface area contributed by atoms with Crippen LogP contribution in [0.25, 0.3) is 11.1 Å². The Morgan fingerprint density at radius 1 is 1.16 bits per heavy atom. The minimum Gasteiger partial charge on any atom is -0.491 e. The fraction of sp³-hybridized carbons (Fsp3) is 0.316. The number of nitrogens with one attached hydrogen (secondary N) is 1. The van der Waals surface area contributed by atoms with Gasteiger partial charge in [0, 0.05) is 18.9 Å². The van der Waals surface area contributed by atoms with Gasteiger partial charge in [-0.15, -0.1) is 0 Å². The molecular weight excluding hydrogens is 318 g/mol. The average molecular weight is 339 g/mol. The van der Waals surface area contributed by atoms with Crippen molar-refractivity contribution < 1.29 is 14.3 Å². The Labute approximate surface area is 146 Å². The van der Waals surface area contributed by atoms with E-state index in [1.807, 2.05) is 43.3 Å². The lowest BCUT2D eigenvalue weighted by atomic mass is 10.1. The number of hydrogen-bond donors (Lipinski definition) is 1. The van der Waals surface area contributed by atoms with E-state index in [2.05, 4.69) is 10.3 Å². The minimum atomic E-state index is -0.572. The molecule has 130 valence electrons. The molecule has 6 heteroatoms. The fourth-order valence-electron chi connectivity index (χ4n) is 2.75. The number of amides is 3. The molecule has 1 aromatic heterocycles. The van der Waals surface area contributed by atoms with Gasteiger partial charge < -0.3 is 9.64 Å². The summed E-state index contributed by atoms with van der Waals surface area (Å²) in [5.41, 5.74) is 2.07. The largest absolute Gasteiger partial charge is 0.491 e. The predicted molar refractivity (Wildman–Crippen MR) is 94.1 cm³/mol. The second kappa shape index (κ2) is 7.79. The molecule has 1 aliphatic rings. The molecule has 1 unspecified atom stereocenters. The van der Waals surface area contributed by atoms with Crippen LogP contribution in [0.2, 0.25) is 0 Å². The van der Waals surface area contributed by atoms with E-state index < -0.39 is 6.04 Å². The van der Waals surface area contributed by atoms with Crippen LogP contribution in [0.1, 0.15) is 19.8 Å². The molecule has 1 fully saturated rings. The van der Waals surface area contributed by atoms with E-state index in [9.17, 15) is 9.59 Å². The number of aromatic nitrogens is 1. The number of benzene rings is 1. The summed E-state index contributed by atoms with van der Waals surface area (Å²) in [5.74, 6) is 0.364. The van der Waals surface area contributed by atoms with Gasteiger partial charge in [-0.3, -0.25) is 15.1 Å². The molecule has 0 saturated carbocycles. The molecular formula is C19H21N3O3. The van der Waals surface area contributed by atoms with E-state index in [0.29, 0.717) is 12.3 Å². The smallest absolute Gasteiger partial charge is 0.324 e. The van der Waals surface area contributed by atoms with Crippen molar-refractivity contribution in [2.45, 2.75) is 25.8 Å². The Morgan fingerprint density at radius 3 is 2.64 bits per heavy atom. The fourth-order valence-corrected chi connectivity index (χ4v) is 2.75. The molecule has 1 N–H and O–H groups in total. The van der Waals surface area contributed by atoms with E-state index in [0.717, 1.165) is 24.0 Å². The van der Waals surface area contributed by atoms with Crippen molar-refractivity contribution in [1.82, 2.24) is 15.2 Å². The average Bonchev–Trinajstić information content (AvgIpc) is 2.92. The molecule has 25 heavy (non-hydrogen) atoms. The zero-order valence-electron chi connectivity index (χ0n) is 14.1. The van der Waals surface area contributed by atoms with Crippen LogP contribution in [0.5, 0.6) is 5.75 Å². The molecule has 3 amide bonds. The van der Waals surface area contributed by atoms with E-state index in [1.165, 1.54) is 0 Å². The maximum Gasteiger partial charge on any atom is 0.324 e. The normalized spacial score (nSPS) is 16.8. The van der Waals surface area contributed by atoms with Crippen LogP contribution in [0.3, 0.4) is 0 Å². The van der Waals surface area contributed by atoms with Crippen LogP contribution in [0, 0.1) is 0 Å². The third-order valence-electron chi connectivity index (χ3n) is 4.18. The van der Waals surface area contributed by atoms with Gasteiger partial charge in [-0.25, -0.2) is 4.79 Å². The molecule has 0 aliphatic carbocycles. The number of unbranched alkanes of at least 4 members (excludes halogenated alkanes) is 1. The molecule has 0 bridgehead atoms. The number of urea groups is 1. The Hall–Kier alpha value is -2.89. The molecule has 1 atom stereocenters. The Kier molecular flexibility index (Phi) is 5.28. The summed E-state index contributed by atoms with van der Waals surface area (Å²) in [6.45, 7) is 2.75. The highest BCUT2D eigenvalue weighted by Gasteiger charge is 2.38. The lowest BCUT2D eigenvalue weighted by Crippen LogP contribution is -2.40. The van der Waals surface area contributed by atoms with Crippen molar-refractivity contribution in [2.75, 3.05) is 13.2 Å². The minimum absolute atomic E-state index is 0.146. The maximum atomic E-state index is 12.0. The summed E-state index contributed by atoms with van der Waals surface area (Å²) < 4.78 is 5.74. The maximum absolute atomic E-state index is 12.0. The topological polar surface area (TPSA) is 71.5 Å². The lowest BCUT2D eigenvalue weighted by molar-refractivity contribution is -0.122. The van der Waals surface area contributed by atoms with Crippen molar-refractivity contribution >= 4 is 11.9 Å². The van der Waals surface area contributed by atoms with Crippen molar-refractivity contribution in [2.24, 2.45) is 0 Å². The van der Waals surface area contributed by atoms with Crippen LogP contribution in [0.15, 0.2) is 48.8 Å². The summed E-state index contributed by atoms with van der Waals surface area (Å²) in [6.07, 6.45) is 5.35. The molecule has 2 heterocycles. The van der Waals surface area contributed by atoms with Gasteiger partial charge >= 0.3 is 6.03 Å². The Bertz CT molecular complexity index is 731. The monoisotopic (exact) mass is 339 g/mol. The summed E-state index contributed by atoms with van der Waals surface area (Å²) in [4.78, 5) is 29.5. The Balaban J connectivity index is 1.62. The first kappa shape index (κ1) is 17.0. The van der Waals surface area contributed by atoms with Crippen LogP contribution in [-0.2, 0) is 4.79 Å². The highest BCUT2D eigenvalue weighted by atomic mass is 16.5. The quantitative estimate of drug-likeness (QED) is 0.788. The van der Waals surface area contributed by atoms with E-state index >= 15 is 0 Å². The number of carbonyl (C=O) groups is 2. The van der Waals surface area contributed by atoms with Crippen LogP contribution < -0.4 is 10.1 Å². The molecule has 0 spiro atoms. The first-order valence-corrected chi connectivity index (χ1v) is 8.43. The van der Waals surface area contributed by atoms with Crippen molar-refractivity contribution in [3.05, 3.63) is 48.8 Å². The molecule has 6 nitrogen and oxygen atoms in total. The number of pyridine rings is 1. The van der Waals surface area contributed by atoms with Crippen molar-refractivity contribution in [3.63, 3.8) is 0 Å². The first-order chi connectivity index (χ1) is 12.2. The van der Waals surface area contributed by atoms with Gasteiger partial charge in [0.2, 0.25) is 0 Å². The van der Waals surface area contributed by atoms with Gasteiger partial charge in [-0.2, -0.15) is 0 Å². The van der Waals surface area contributed by atoms with Gasteiger partial charge in [0.05, 0.1) is 0 Å². The SMILES string of the molecule is CCCCN1C(=O)NC(=O)C1COc1ccc(-c2cccnc2)cc1. The summed E-state index contributed by atoms with van der Waals surface area (Å²) in [6, 6.07) is 10.6. The highest BCUT2D eigenvalue weighted by Crippen LogP contribution is 2.22. The van der Waals surface area contributed by atoms with Gasteiger partial charge in [-0.1, -0.05) is 31.5 Å². The van der Waals surface area contributed by atoms with Gasteiger partial charge in [0.15, 0.2) is 0 Å². The molecule has 1 saturated heterocycles. The highest BCUT2D eigenvalue weighted by molar-refractivity contribution is 6.04. The number of imide groups is 1. The standard InChI is InChI=1S/C19H21N3O3/c1-2-3-11-22-17(18(23)21-19(22)24)13-25-16-8-6-14(7-9-16)15-5-4-10-20-12-15/h4-10,12,17H,2-3,11,13H2,1H3,(H,21,23,24). The van der Waals surface area contributed by atoms with E-state index in [4.69, 9.17) is 4.74 Å². The summed E-state index contributed by atoms with van der Waals surface area (Å²) in [5, 5.41) is 2.35. The first-order valence-electron chi connectivity index (χ1n) is 8.43. The Morgan fingerprint density at radius 2 is 1.96 bits per heavy atom. The molecule has 3 rings (SSSR count). The molecule has 0 radical (unpaired) electrons. The van der Waals surface area contributed by atoms with Crippen LogP contribution in [0.4, 0.5) is 4.79 Å². The number of rotatable bonds is 7. The molecule has 1 aromatic carbocycles. The van der Waals surface area contributed by atoms with Crippen LogP contribution >= 0.6 is 0 Å². The van der Waals surface area contributed by atoms with E-state index in [1.54, 1.807) is 17.3 Å².